The molecule has 2 atom stereocenters. The highest BCUT2D eigenvalue weighted by Crippen LogP contribution is 2.32. The molecule has 0 aromatic heterocycles. The zero-order valence-corrected chi connectivity index (χ0v) is 18.1. The number of aryl methyl sites for hydroxylation is 2. The fourth-order valence-electron chi connectivity index (χ4n) is 3.20. The first kappa shape index (κ1) is 20.8. The topological polar surface area (TPSA) is 46.1 Å². The molecule has 3 rings (SSSR count). The molecule has 0 amide bonds. The summed E-state index contributed by atoms with van der Waals surface area (Å²) >= 11 is 3.28. The number of nitrogens with zero attached hydrogens (tertiary/aromatic N) is 2. The summed E-state index contributed by atoms with van der Waals surface area (Å²) in [7, 11) is 0. The van der Waals surface area contributed by atoms with Crippen LogP contribution in [0.5, 0.6) is 11.5 Å². The molecule has 0 saturated carbocycles. The Labute approximate surface area is 173 Å². The number of nitrogens with one attached hydrogen (secondary N) is 1. The van der Waals surface area contributed by atoms with Crippen LogP contribution in [-0.4, -0.2) is 36.6 Å². The molecule has 0 bridgehead atoms. The largest absolute Gasteiger partial charge is 0.457 e. The number of hydrogen-bond donors (Lipinski definition) is 1. The van der Waals surface area contributed by atoms with Crippen LogP contribution in [0.4, 0.5) is 10.1 Å². The van der Waals surface area contributed by atoms with E-state index in [1.54, 1.807) is 12.4 Å². The lowest BCUT2D eigenvalue weighted by Gasteiger charge is -2.34. The third-order valence-electron chi connectivity index (χ3n) is 4.42. The van der Waals surface area contributed by atoms with Gasteiger partial charge in [0.1, 0.15) is 23.7 Å². The van der Waals surface area contributed by atoms with Crippen LogP contribution in [0.1, 0.15) is 25.0 Å². The van der Waals surface area contributed by atoms with Crippen molar-refractivity contribution in [1.29, 1.82) is 0 Å². The average Bonchev–Trinajstić information content (AvgIpc) is 2.57. The van der Waals surface area contributed by atoms with Gasteiger partial charge in [-0.2, -0.15) is 0 Å². The quantitative estimate of drug-likeness (QED) is 0.498. The molecule has 1 aliphatic heterocycles. The summed E-state index contributed by atoms with van der Waals surface area (Å²) < 4.78 is 25.8. The predicted molar refractivity (Wildman–Crippen MR) is 113 cm³/mol. The van der Waals surface area contributed by atoms with E-state index in [0.717, 1.165) is 29.9 Å². The van der Waals surface area contributed by atoms with Crippen molar-refractivity contribution in [2.45, 2.75) is 39.9 Å². The molecule has 1 fully saturated rings. The lowest BCUT2D eigenvalue weighted by molar-refractivity contribution is -0.0760. The molecule has 1 aliphatic rings. The van der Waals surface area contributed by atoms with Gasteiger partial charge in [0.2, 0.25) is 0 Å². The number of morpholine rings is 1. The second kappa shape index (κ2) is 9.03. The first-order chi connectivity index (χ1) is 13.3. The summed E-state index contributed by atoms with van der Waals surface area (Å²) in [6.45, 7) is 9.66. The van der Waals surface area contributed by atoms with Crippen molar-refractivity contribution in [3.05, 3.63) is 51.7 Å². The molecule has 1 heterocycles. The van der Waals surface area contributed by atoms with Gasteiger partial charge >= 0.3 is 0 Å². The second-order valence-electron chi connectivity index (χ2n) is 7.16. The van der Waals surface area contributed by atoms with Gasteiger partial charge in [-0.05, 0) is 63.1 Å². The third kappa shape index (κ3) is 5.53. The van der Waals surface area contributed by atoms with E-state index < -0.39 is 0 Å². The minimum atomic E-state index is -0.349. The lowest BCUT2D eigenvalue weighted by Crippen LogP contribution is -2.51. The summed E-state index contributed by atoms with van der Waals surface area (Å²) in [5, 5.41) is 2.10. The van der Waals surface area contributed by atoms with Crippen LogP contribution in [0.3, 0.4) is 0 Å². The molecule has 2 unspecified atom stereocenters. The first-order valence-electron chi connectivity index (χ1n) is 9.24. The number of hydrazine groups is 1. The van der Waals surface area contributed by atoms with Crippen molar-refractivity contribution in [3.8, 4) is 11.5 Å². The van der Waals surface area contributed by atoms with E-state index >= 15 is 0 Å². The second-order valence-corrected chi connectivity index (χ2v) is 8.08. The smallest absolute Gasteiger partial charge is 0.131 e. The summed E-state index contributed by atoms with van der Waals surface area (Å²) in [5.74, 6) is 0.776. The summed E-state index contributed by atoms with van der Waals surface area (Å²) in [4.78, 5) is 4.55. The van der Waals surface area contributed by atoms with Crippen molar-refractivity contribution in [2.24, 2.45) is 4.99 Å². The molecule has 1 saturated heterocycles. The monoisotopic (exact) mass is 449 g/mol. The number of ether oxygens (including phenoxy) is 2. The SMILES string of the molecule is Cc1cc(Oc2cc(F)cc(Br)c2)c(C)cc1N=CNN1CC(C)OC(C)C1. The van der Waals surface area contributed by atoms with Crippen LogP contribution >= 0.6 is 15.9 Å². The van der Waals surface area contributed by atoms with Crippen molar-refractivity contribution < 1.29 is 13.9 Å². The van der Waals surface area contributed by atoms with Crippen LogP contribution in [0, 0.1) is 19.7 Å². The maximum atomic E-state index is 13.6. The van der Waals surface area contributed by atoms with Gasteiger partial charge in [0.15, 0.2) is 0 Å². The molecule has 0 spiro atoms. The molecular formula is C21H25BrFN3O2. The number of rotatable bonds is 5. The van der Waals surface area contributed by atoms with E-state index in [-0.39, 0.29) is 18.0 Å². The van der Waals surface area contributed by atoms with Crippen LogP contribution in [0.2, 0.25) is 0 Å². The van der Waals surface area contributed by atoms with Gasteiger partial charge in [-0.1, -0.05) is 15.9 Å². The number of aliphatic imine (C=N–C) groups is 1. The van der Waals surface area contributed by atoms with Gasteiger partial charge in [-0.3, -0.25) is 0 Å². The van der Waals surface area contributed by atoms with Gasteiger partial charge in [-0.15, -0.1) is 0 Å². The molecule has 2 aromatic carbocycles. The standard InChI is InChI=1S/C21H25BrFN3O2/c1-13-6-21(28-19-8-17(22)7-18(23)9-19)14(2)5-20(13)24-12-25-26-10-15(3)27-16(4)11-26/h5-9,12,15-16H,10-11H2,1-4H3,(H,24,25). The van der Waals surface area contributed by atoms with E-state index in [2.05, 4.69) is 45.2 Å². The van der Waals surface area contributed by atoms with Gasteiger partial charge in [0.25, 0.3) is 0 Å². The molecule has 0 radical (unpaired) electrons. The maximum absolute atomic E-state index is 13.6. The molecule has 0 aliphatic carbocycles. The highest BCUT2D eigenvalue weighted by atomic mass is 79.9. The first-order valence-corrected chi connectivity index (χ1v) is 10.0. The van der Waals surface area contributed by atoms with Gasteiger partial charge in [0, 0.05) is 23.6 Å². The van der Waals surface area contributed by atoms with Gasteiger partial charge in [-0.25, -0.2) is 14.4 Å². The molecule has 150 valence electrons. The predicted octanol–water partition coefficient (Wildman–Crippen LogP) is 5.27. The summed E-state index contributed by atoms with van der Waals surface area (Å²) in [6, 6.07) is 8.37. The fourth-order valence-corrected chi connectivity index (χ4v) is 3.65. The zero-order valence-electron chi connectivity index (χ0n) is 16.5. The normalized spacial score (nSPS) is 20.5. The van der Waals surface area contributed by atoms with Crippen molar-refractivity contribution in [3.63, 3.8) is 0 Å². The minimum absolute atomic E-state index is 0.188. The molecular weight excluding hydrogens is 425 g/mol. The Bertz CT molecular complexity index is 845. The zero-order chi connectivity index (χ0) is 20.3. The number of hydrogen-bond acceptors (Lipinski definition) is 4. The van der Waals surface area contributed by atoms with E-state index in [4.69, 9.17) is 9.47 Å². The Balaban J connectivity index is 1.69. The molecule has 7 heteroatoms. The molecule has 5 nitrogen and oxygen atoms in total. The highest BCUT2D eigenvalue weighted by molar-refractivity contribution is 9.10. The van der Waals surface area contributed by atoms with Crippen LogP contribution < -0.4 is 10.2 Å². The van der Waals surface area contributed by atoms with Crippen LogP contribution in [0.25, 0.3) is 0 Å². The van der Waals surface area contributed by atoms with E-state index in [1.807, 2.05) is 26.0 Å². The molecule has 1 N–H and O–H groups in total. The van der Waals surface area contributed by atoms with E-state index in [9.17, 15) is 4.39 Å². The van der Waals surface area contributed by atoms with Gasteiger partial charge < -0.3 is 14.9 Å². The Morgan fingerprint density at radius 3 is 2.54 bits per heavy atom. The maximum Gasteiger partial charge on any atom is 0.131 e. The number of halogens is 2. The number of benzene rings is 2. The van der Waals surface area contributed by atoms with E-state index in [0.29, 0.717) is 16.0 Å². The van der Waals surface area contributed by atoms with Crippen molar-refractivity contribution in [1.82, 2.24) is 10.4 Å². The Hall–Kier alpha value is -1.96. The summed E-state index contributed by atoms with van der Waals surface area (Å²) in [6.07, 6.45) is 2.08. The average molecular weight is 450 g/mol. The Morgan fingerprint density at radius 2 is 1.86 bits per heavy atom. The fraction of sp³-hybridized carbons (Fsp3) is 0.381. The Morgan fingerprint density at radius 1 is 1.14 bits per heavy atom. The van der Waals surface area contributed by atoms with Crippen LogP contribution in [0.15, 0.2) is 39.8 Å². The van der Waals surface area contributed by atoms with Gasteiger partial charge in [0.05, 0.1) is 17.9 Å². The molecule has 28 heavy (non-hydrogen) atoms. The van der Waals surface area contributed by atoms with Crippen LogP contribution in [-0.2, 0) is 4.74 Å². The minimum Gasteiger partial charge on any atom is -0.457 e. The Kier molecular flexibility index (Phi) is 6.69. The van der Waals surface area contributed by atoms with Crippen molar-refractivity contribution >= 4 is 28.0 Å². The highest BCUT2D eigenvalue weighted by Gasteiger charge is 2.21. The third-order valence-corrected chi connectivity index (χ3v) is 4.88. The molecule has 2 aromatic rings. The van der Waals surface area contributed by atoms with Crippen molar-refractivity contribution in [2.75, 3.05) is 13.1 Å². The van der Waals surface area contributed by atoms with E-state index in [1.165, 1.54) is 12.1 Å². The summed E-state index contributed by atoms with van der Waals surface area (Å²) in [5.41, 5.74) is 5.97. The lowest BCUT2D eigenvalue weighted by atomic mass is 10.1.